The maximum absolute atomic E-state index is 9.09. The molecule has 0 bridgehead atoms. The van der Waals surface area contributed by atoms with Crippen molar-refractivity contribution >= 4 is 15.9 Å². The van der Waals surface area contributed by atoms with Crippen molar-refractivity contribution in [3.8, 4) is 28.9 Å². The van der Waals surface area contributed by atoms with Gasteiger partial charge in [-0.1, -0.05) is 12.1 Å². The van der Waals surface area contributed by atoms with Crippen LogP contribution in [0.25, 0.3) is 22.8 Å². The van der Waals surface area contributed by atoms with Gasteiger partial charge in [-0.3, -0.25) is 0 Å². The minimum absolute atomic E-state index is 0.587. The zero-order chi connectivity index (χ0) is 13.2. The number of rotatable bonds is 2. The third kappa shape index (κ3) is 2.20. The van der Waals surface area contributed by atoms with E-state index in [4.69, 9.17) is 14.1 Å². The quantitative estimate of drug-likeness (QED) is 0.680. The first-order chi connectivity index (χ1) is 9.28. The van der Waals surface area contributed by atoms with Gasteiger partial charge >= 0.3 is 0 Å². The van der Waals surface area contributed by atoms with Gasteiger partial charge in [-0.2, -0.15) is 5.26 Å². The van der Waals surface area contributed by atoms with Gasteiger partial charge in [0.25, 0.3) is 0 Å². The number of hydrogen-bond donors (Lipinski definition) is 0. The summed E-state index contributed by atoms with van der Waals surface area (Å²) in [5.41, 5.74) is 1.37. The van der Waals surface area contributed by atoms with Crippen molar-refractivity contribution in [2.75, 3.05) is 0 Å². The van der Waals surface area contributed by atoms with Gasteiger partial charge in [-0.15, -0.1) is 0 Å². The second-order valence-corrected chi connectivity index (χ2v) is 4.71. The van der Waals surface area contributed by atoms with Gasteiger partial charge in [-0.05, 0) is 52.3 Å². The maximum atomic E-state index is 9.09. The van der Waals surface area contributed by atoms with Crippen molar-refractivity contribution in [1.29, 1.82) is 5.26 Å². The minimum Gasteiger partial charge on any atom is -0.453 e. The summed E-state index contributed by atoms with van der Waals surface area (Å²) in [6.45, 7) is 0. The molecule has 0 saturated carbocycles. The van der Waals surface area contributed by atoms with Crippen LogP contribution in [0.4, 0.5) is 0 Å². The van der Waals surface area contributed by atoms with Crippen LogP contribution >= 0.6 is 15.9 Å². The molecule has 0 aliphatic carbocycles. The van der Waals surface area contributed by atoms with Crippen molar-refractivity contribution in [3.05, 3.63) is 58.8 Å². The lowest BCUT2D eigenvalue weighted by Crippen LogP contribution is -1.80. The van der Waals surface area contributed by atoms with Gasteiger partial charge < -0.3 is 8.83 Å². The standard InChI is InChI=1S/C15H8BrNO2/c16-15-8-7-14(19-15)13-6-5-12(18-13)11-4-2-1-3-10(11)9-17/h1-8H. The second kappa shape index (κ2) is 4.79. The van der Waals surface area contributed by atoms with Crippen LogP contribution in [0.5, 0.6) is 0 Å². The highest BCUT2D eigenvalue weighted by Crippen LogP contribution is 2.31. The Balaban J connectivity index is 2.04. The van der Waals surface area contributed by atoms with Crippen LogP contribution in [0, 0.1) is 11.3 Å². The number of nitriles is 1. The molecule has 0 aliphatic heterocycles. The van der Waals surface area contributed by atoms with E-state index >= 15 is 0 Å². The third-order valence-corrected chi connectivity index (χ3v) is 3.16. The van der Waals surface area contributed by atoms with Crippen LogP contribution in [-0.4, -0.2) is 0 Å². The van der Waals surface area contributed by atoms with E-state index in [1.165, 1.54) is 0 Å². The van der Waals surface area contributed by atoms with E-state index in [2.05, 4.69) is 22.0 Å². The van der Waals surface area contributed by atoms with Crippen LogP contribution in [-0.2, 0) is 0 Å². The summed E-state index contributed by atoms with van der Waals surface area (Å²) < 4.78 is 11.8. The number of halogens is 1. The summed E-state index contributed by atoms with van der Waals surface area (Å²) in [6.07, 6.45) is 0. The molecule has 0 fully saturated rings. The lowest BCUT2D eigenvalue weighted by atomic mass is 10.1. The fourth-order valence-electron chi connectivity index (χ4n) is 1.86. The molecule has 3 aromatic rings. The van der Waals surface area contributed by atoms with Crippen LogP contribution in [0.15, 0.2) is 62.0 Å². The Bertz CT molecular complexity index is 764. The zero-order valence-corrected chi connectivity index (χ0v) is 11.3. The Labute approximate surface area is 118 Å². The molecule has 0 saturated heterocycles. The monoisotopic (exact) mass is 313 g/mol. The average Bonchev–Trinajstić information content (AvgIpc) is 3.07. The molecule has 4 heteroatoms. The molecule has 0 aliphatic rings. The summed E-state index contributed by atoms with van der Waals surface area (Å²) in [7, 11) is 0. The first-order valence-electron chi connectivity index (χ1n) is 5.63. The van der Waals surface area contributed by atoms with Gasteiger partial charge in [0.2, 0.25) is 0 Å². The fraction of sp³-hybridized carbons (Fsp3) is 0. The van der Waals surface area contributed by atoms with Crippen LogP contribution < -0.4 is 0 Å². The number of furan rings is 2. The lowest BCUT2D eigenvalue weighted by molar-refractivity contribution is 0.516. The Morgan fingerprint density at radius 3 is 2.26 bits per heavy atom. The summed E-state index contributed by atoms with van der Waals surface area (Å²) in [5.74, 6) is 1.93. The topological polar surface area (TPSA) is 50.1 Å². The van der Waals surface area contributed by atoms with E-state index in [0.29, 0.717) is 27.5 Å². The summed E-state index contributed by atoms with van der Waals surface area (Å²) in [5, 5.41) is 9.09. The maximum Gasteiger partial charge on any atom is 0.170 e. The molecule has 2 heterocycles. The highest BCUT2D eigenvalue weighted by molar-refractivity contribution is 9.10. The second-order valence-electron chi connectivity index (χ2n) is 3.93. The SMILES string of the molecule is N#Cc1ccccc1-c1ccc(-c2ccc(Br)o2)o1. The summed E-state index contributed by atoms with van der Waals surface area (Å²) >= 11 is 3.25. The predicted octanol–water partition coefficient (Wildman–Crippen LogP) is 4.84. The number of hydrogen-bond acceptors (Lipinski definition) is 3. The molecule has 0 radical (unpaired) electrons. The Morgan fingerprint density at radius 1 is 0.842 bits per heavy atom. The molecule has 92 valence electrons. The third-order valence-electron chi connectivity index (χ3n) is 2.74. The Morgan fingerprint density at radius 2 is 1.53 bits per heavy atom. The zero-order valence-electron chi connectivity index (χ0n) is 9.76. The van der Waals surface area contributed by atoms with Gasteiger partial charge in [0.05, 0.1) is 11.6 Å². The highest BCUT2D eigenvalue weighted by Gasteiger charge is 2.12. The molecular weight excluding hydrogens is 306 g/mol. The number of benzene rings is 1. The minimum atomic E-state index is 0.587. The smallest absolute Gasteiger partial charge is 0.170 e. The Hall–Kier alpha value is -2.25. The molecule has 0 N–H and O–H groups in total. The summed E-state index contributed by atoms with van der Waals surface area (Å²) in [4.78, 5) is 0. The highest BCUT2D eigenvalue weighted by atomic mass is 79.9. The molecule has 2 aromatic heterocycles. The van der Waals surface area contributed by atoms with Crippen LogP contribution in [0.3, 0.4) is 0 Å². The first-order valence-corrected chi connectivity index (χ1v) is 6.42. The van der Waals surface area contributed by atoms with Crippen molar-refractivity contribution in [1.82, 2.24) is 0 Å². The molecular formula is C15H8BrNO2. The van der Waals surface area contributed by atoms with E-state index in [0.717, 1.165) is 5.56 Å². The van der Waals surface area contributed by atoms with Crippen LogP contribution in [0.2, 0.25) is 0 Å². The van der Waals surface area contributed by atoms with E-state index in [1.54, 1.807) is 12.1 Å². The normalized spacial score (nSPS) is 10.3. The molecule has 1 aromatic carbocycles. The van der Waals surface area contributed by atoms with Crippen molar-refractivity contribution in [2.45, 2.75) is 0 Å². The van der Waals surface area contributed by atoms with Crippen LogP contribution in [0.1, 0.15) is 5.56 Å². The van der Waals surface area contributed by atoms with Crippen molar-refractivity contribution in [3.63, 3.8) is 0 Å². The van der Waals surface area contributed by atoms with E-state index in [-0.39, 0.29) is 0 Å². The molecule has 0 amide bonds. The Kier molecular flexibility index (Phi) is 2.98. The molecule has 3 nitrogen and oxygen atoms in total. The number of nitrogens with zero attached hydrogens (tertiary/aromatic N) is 1. The molecule has 3 rings (SSSR count). The van der Waals surface area contributed by atoms with Gasteiger partial charge in [0, 0.05) is 5.56 Å². The van der Waals surface area contributed by atoms with E-state index in [1.807, 2.05) is 36.4 Å². The average molecular weight is 314 g/mol. The van der Waals surface area contributed by atoms with Crippen molar-refractivity contribution in [2.24, 2.45) is 0 Å². The van der Waals surface area contributed by atoms with Crippen molar-refractivity contribution < 1.29 is 8.83 Å². The molecule has 0 unspecified atom stereocenters. The largest absolute Gasteiger partial charge is 0.453 e. The predicted molar refractivity (Wildman–Crippen MR) is 74.3 cm³/mol. The molecule has 0 spiro atoms. The van der Waals surface area contributed by atoms with Gasteiger partial charge in [-0.25, -0.2) is 0 Å². The first kappa shape index (κ1) is 11.8. The van der Waals surface area contributed by atoms with Gasteiger partial charge in [0.1, 0.15) is 5.76 Å². The van der Waals surface area contributed by atoms with Gasteiger partial charge in [0.15, 0.2) is 16.2 Å². The molecule has 19 heavy (non-hydrogen) atoms. The molecule has 0 atom stereocenters. The fourth-order valence-corrected chi connectivity index (χ4v) is 2.16. The lowest BCUT2D eigenvalue weighted by Gasteiger charge is -1.99. The van der Waals surface area contributed by atoms with E-state index < -0.39 is 0 Å². The summed E-state index contributed by atoms with van der Waals surface area (Å²) in [6, 6.07) is 16.8. The van der Waals surface area contributed by atoms with E-state index in [9.17, 15) is 0 Å².